The van der Waals surface area contributed by atoms with E-state index in [4.69, 9.17) is 0 Å². The van der Waals surface area contributed by atoms with E-state index in [1.807, 2.05) is 37.6 Å². The van der Waals surface area contributed by atoms with Crippen molar-refractivity contribution in [3.8, 4) is 5.82 Å². The summed E-state index contributed by atoms with van der Waals surface area (Å²) in [5, 5.41) is 11.2. The monoisotopic (exact) mass is 531 g/mol. The molecule has 4 rings (SSSR count). The van der Waals surface area contributed by atoms with Gasteiger partial charge in [-0.1, -0.05) is 30.3 Å². The molecular formula is C23H30IN7. The van der Waals surface area contributed by atoms with Crippen molar-refractivity contribution in [2.45, 2.75) is 25.4 Å². The van der Waals surface area contributed by atoms with Crippen LogP contribution in [0.1, 0.15) is 30.0 Å². The lowest BCUT2D eigenvalue weighted by Crippen LogP contribution is -2.42. The fourth-order valence-electron chi connectivity index (χ4n) is 3.89. The fraction of sp³-hybridized carbons (Fsp3) is 0.348. The number of nitrogens with zero attached hydrogens (tertiary/aromatic N) is 5. The minimum atomic E-state index is 0. The van der Waals surface area contributed by atoms with E-state index < -0.39 is 0 Å². The molecule has 3 aromatic rings. The Morgan fingerprint density at radius 3 is 2.58 bits per heavy atom. The van der Waals surface area contributed by atoms with Crippen LogP contribution in [0.4, 0.5) is 0 Å². The van der Waals surface area contributed by atoms with E-state index in [1.54, 1.807) is 10.9 Å². The first kappa shape index (κ1) is 23.2. The van der Waals surface area contributed by atoms with E-state index in [9.17, 15) is 0 Å². The molecule has 0 saturated carbocycles. The van der Waals surface area contributed by atoms with Crippen LogP contribution in [0.15, 0.2) is 72.1 Å². The first-order valence-corrected chi connectivity index (χ1v) is 10.5. The van der Waals surface area contributed by atoms with Crippen LogP contribution in [-0.4, -0.2) is 52.3 Å². The van der Waals surface area contributed by atoms with Gasteiger partial charge in [-0.25, -0.2) is 9.67 Å². The quantitative estimate of drug-likeness (QED) is 0.278. The van der Waals surface area contributed by atoms with Gasteiger partial charge in [-0.2, -0.15) is 5.10 Å². The van der Waals surface area contributed by atoms with Crippen LogP contribution in [0.2, 0.25) is 0 Å². The van der Waals surface area contributed by atoms with Gasteiger partial charge in [0, 0.05) is 38.7 Å². The number of rotatable bonds is 7. The maximum absolute atomic E-state index is 4.41. The number of hydrogen-bond donors (Lipinski definition) is 2. The summed E-state index contributed by atoms with van der Waals surface area (Å²) in [6.45, 7) is 3.79. The Labute approximate surface area is 201 Å². The standard InChI is InChI=1S/C23H29N7.HI/c1-24-23(26-17-19-10-12-25-22(16-19)30-15-7-11-28-30)27-18-21(29-13-5-6-14-29)20-8-3-2-4-9-20;/h2-4,7-12,15-16,21H,5-6,13-14,17-18H2,1H3,(H2,24,26,27);1H. The Kier molecular flexibility index (Phi) is 8.84. The van der Waals surface area contributed by atoms with E-state index in [2.05, 4.69) is 60.9 Å². The summed E-state index contributed by atoms with van der Waals surface area (Å²) in [7, 11) is 1.81. The first-order valence-electron chi connectivity index (χ1n) is 10.5. The third-order valence-corrected chi connectivity index (χ3v) is 5.46. The van der Waals surface area contributed by atoms with Crippen LogP contribution >= 0.6 is 24.0 Å². The highest BCUT2D eigenvalue weighted by molar-refractivity contribution is 14.0. The lowest BCUT2D eigenvalue weighted by atomic mass is 10.1. The highest BCUT2D eigenvalue weighted by Crippen LogP contribution is 2.24. The molecule has 0 radical (unpaired) electrons. The molecule has 0 spiro atoms. The van der Waals surface area contributed by atoms with Crippen LogP contribution < -0.4 is 10.6 Å². The molecule has 1 fully saturated rings. The Morgan fingerprint density at radius 2 is 1.87 bits per heavy atom. The normalized spacial score (nSPS) is 15.3. The highest BCUT2D eigenvalue weighted by atomic mass is 127. The molecule has 1 saturated heterocycles. The summed E-state index contributed by atoms with van der Waals surface area (Å²) >= 11 is 0. The summed E-state index contributed by atoms with van der Waals surface area (Å²) in [5.41, 5.74) is 2.47. The predicted octanol–water partition coefficient (Wildman–Crippen LogP) is 3.39. The molecule has 8 heteroatoms. The van der Waals surface area contributed by atoms with Crippen molar-refractivity contribution < 1.29 is 0 Å². The molecule has 1 aliphatic rings. The van der Waals surface area contributed by atoms with Gasteiger partial charge in [0.1, 0.15) is 0 Å². The van der Waals surface area contributed by atoms with Gasteiger partial charge in [-0.05, 0) is 55.3 Å². The summed E-state index contributed by atoms with van der Waals surface area (Å²) in [5.74, 6) is 1.60. The number of halogens is 1. The molecule has 2 N–H and O–H groups in total. The number of pyridine rings is 1. The minimum Gasteiger partial charge on any atom is -0.354 e. The molecule has 0 amide bonds. The van der Waals surface area contributed by atoms with Crippen LogP contribution in [-0.2, 0) is 6.54 Å². The topological polar surface area (TPSA) is 70.4 Å². The molecule has 31 heavy (non-hydrogen) atoms. The molecule has 1 unspecified atom stereocenters. The summed E-state index contributed by atoms with van der Waals surface area (Å²) in [4.78, 5) is 11.4. The number of hydrogen-bond acceptors (Lipinski definition) is 4. The summed E-state index contributed by atoms with van der Waals surface area (Å²) in [6.07, 6.45) is 8.00. The van der Waals surface area contributed by atoms with E-state index in [0.717, 1.165) is 37.0 Å². The van der Waals surface area contributed by atoms with Crippen molar-refractivity contribution in [3.63, 3.8) is 0 Å². The zero-order chi connectivity index (χ0) is 20.6. The molecule has 0 aliphatic carbocycles. The lowest BCUT2D eigenvalue weighted by molar-refractivity contribution is 0.245. The summed E-state index contributed by atoms with van der Waals surface area (Å²) < 4.78 is 1.76. The molecule has 1 atom stereocenters. The number of likely N-dealkylation sites (tertiary alicyclic amines) is 1. The molecule has 0 bridgehead atoms. The molecule has 1 aliphatic heterocycles. The van der Waals surface area contributed by atoms with Gasteiger partial charge in [0.25, 0.3) is 0 Å². The van der Waals surface area contributed by atoms with Gasteiger partial charge < -0.3 is 10.6 Å². The molecule has 164 valence electrons. The zero-order valence-corrected chi connectivity index (χ0v) is 20.1. The first-order chi connectivity index (χ1) is 14.8. The number of aliphatic imine (C=N–C) groups is 1. The summed E-state index contributed by atoms with van der Waals surface area (Å²) in [6, 6.07) is 17.0. The second kappa shape index (κ2) is 11.8. The Hall–Kier alpha value is -2.46. The molecular weight excluding hydrogens is 501 g/mol. The van der Waals surface area contributed by atoms with Crippen LogP contribution in [0.5, 0.6) is 0 Å². The largest absolute Gasteiger partial charge is 0.354 e. The molecule has 3 heterocycles. The van der Waals surface area contributed by atoms with Crippen molar-refractivity contribution in [2.24, 2.45) is 4.99 Å². The van der Waals surface area contributed by atoms with E-state index in [0.29, 0.717) is 12.6 Å². The fourth-order valence-corrected chi connectivity index (χ4v) is 3.89. The van der Waals surface area contributed by atoms with Crippen molar-refractivity contribution >= 4 is 29.9 Å². The average molecular weight is 531 g/mol. The maximum atomic E-state index is 4.41. The number of nitrogens with one attached hydrogen (secondary N) is 2. The Bertz CT molecular complexity index is 938. The predicted molar refractivity (Wildman–Crippen MR) is 135 cm³/mol. The van der Waals surface area contributed by atoms with Crippen molar-refractivity contribution in [1.29, 1.82) is 0 Å². The van der Waals surface area contributed by atoms with Crippen LogP contribution in [0, 0.1) is 0 Å². The minimum absolute atomic E-state index is 0. The smallest absolute Gasteiger partial charge is 0.191 e. The van der Waals surface area contributed by atoms with Crippen LogP contribution in [0.3, 0.4) is 0 Å². The maximum Gasteiger partial charge on any atom is 0.191 e. The third kappa shape index (κ3) is 6.27. The highest BCUT2D eigenvalue weighted by Gasteiger charge is 2.23. The van der Waals surface area contributed by atoms with Crippen molar-refractivity contribution in [1.82, 2.24) is 30.3 Å². The van der Waals surface area contributed by atoms with E-state index in [-0.39, 0.29) is 24.0 Å². The molecule has 2 aromatic heterocycles. The number of guanidine groups is 1. The van der Waals surface area contributed by atoms with Crippen LogP contribution in [0.25, 0.3) is 5.82 Å². The SMILES string of the molecule is CN=C(NCc1ccnc(-n2cccn2)c1)NCC(c1ccccc1)N1CCCC1.I. The third-order valence-electron chi connectivity index (χ3n) is 5.46. The number of benzene rings is 1. The van der Waals surface area contributed by atoms with Crippen molar-refractivity contribution in [3.05, 3.63) is 78.2 Å². The Morgan fingerprint density at radius 1 is 1.06 bits per heavy atom. The number of aromatic nitrogens is 3. The van der Waals surface area contributed by atoms with Gasteiger partial charge >= 0.3 is 0 Å². The second-order valence-electron chi connectivity index (χ2n) is 7.45. The average Bonchev–Trinajstić information content (AvgIpc) is 3.52. The Balaban J connectivity index is 0.00000272. The molecule has 7 nitrogen and oxygen atoms in total. The zero-order valence-electron chi connectivity index (χ0n) is 17.8. The molecule has 1 aromatic carbocycles. The van der Waals surface area contributed by atoms with Crippen molar-refractivity contribution in [2.75, 3.05) is 26.7 Å². The lowest BCUT2D eigenvalue weighted by Gasteiger charge is -2.29. The van der Waals surface area contributed by atoms with Gasteiger partial charge in [-0.15, -0.1) is 24.0 Å². The van der Waals surface area contributed by atoms with Gasteiger partial charge in [0.15, 0.2) is 11.8 Å². The van der Waals surface area contributed by atoms with E-state index >= 15 is 0 Å². The van der Waals surface area contributed by atoms with Gasteiger partial charge in [0.05, 0.1) is 6.04 Å². The van der Waals surface area contributed by atoms with Gasteiger partial charge in [0.2, 0.25) is 0 Å². The second-order valence-corrected chi connectivity index (χ2v) is 7.45. The van der Waals surface area contributed by atoms with E-state index in [1.165, 1.54) is 18.4 Å². The van der Waals surface area contributed by atoms with Gasteiger partial charge in [-0.3, -0.25) is 9.89 Å².